The van der Waals surface area contributed by atoms with Gasteiger partial charge in [0, 0.05) is 50.4 Å². The highest BCUT2D eigenvalue weighted by Gasteiger charge is 2.53. The molecule has 52 heavy (non-hydrogen) atoms. The van der Waals surface area contributed by atoms with Crippen LogP contribution < -0.4 is 0 Å². The van der Waals surface area contributed by atoms with E-state index >= 15 is 0 Å². The van der Waals surface area contributed by atoms with E-state index in [0.717, 1.165) is 6.54 Å². The Kier molecular flexibility index (Phi) is 15.8. The fourth-order valence-corrected chi connectivity index (χ4v) is 8.05. The van der Waals surface area contributed by atoms with Gasteiger partial charge in [0.1, 0.15) is 29.7 Å². The molecule has 0 amide bonds. The number of hydrogen-bond acceptors (Lipinski definition) is 13. The van der Waals surface area contributed by atoms with Crippen LogP contribution in [0.3, 0.4) is 0 Å². The molecule has 2 fully saturated rings. The Morgan fingerprint density at radius 1 is 1.08 bits per heavy atom. The molecule has 0 aromatic carbocycles. The number of carbonyl (C=O) groups is 3. The molecule has 0 aliphatic carbocycles. The molecular formula is C39H64N2O11. The molecule has 1 aromatic rings. The van der Waals surface area contributed by atoms with Crippen LogP contribution in [0.25, 0.3) is 0 Å². The van der Waals surface area contributed by atoms with Crippen molar-refractivity contribution in [2.45, 2.75) is 148 Å². The number of aliphatic hydroxyl groups excluding tert-OH is 1. The van der Waals surface area contributed by atoms with Crippen molar-refractivity contribution in [1.29, 1.82) is 0 Å². The number of rotatable bonds is 10. The lowest BCUT2D eigenvalue weighted by Crippen LogP contribution is -2.61. The van der Waals surface area contributed by atoms with Gasteiger partial charge >= 0.3 is 11.9 Å². The molecule has 296 valence electrons. The molecule has 2 saturated heterocycles. The van der Waals surface area contributed by atoms with Gasteiger partial charge in [-0.1, -0.05) is 40.7 Å². The number of methoxy groups -OCH3 is 2. The van der Waals surface area contributed by atoms with Crippen LogP contribution in [0, 0.1) is 23.7 Å². The van der Waals surface area contributed by atoms with Crippen LogP contribution in [0.4, 0.5) is 0 Å². The number of nitrogens with zero attached hydrogens (tertiary/aromatic N) is 2. The van der Waals surface area contributed by atoms with Gasteiger partial charge in [-0.2, -0.15) is 0 Å². The number of carbonyl (C=O) groups excluding carboxylic acids is 3. The summed E-state index contributed by atoms with van der Waals surface area (Å²) in [5, 5.41) is 23.0. The fourth-order valence-electron chi connectivity index (χ4n) is 8.05. The molecule has 3 rings (SSSR count). The zero-order chi connectivity index (χ0) is 39.1. The Labute approximate surface area is 310 Å². The molecular weight excluding hydrogens is 672 g/mol. The average molecular weight is 737 g/mol. The first-order valence-corrected chi connectivity index (χ1v) is 18.7. The summed E-state index contributed by atoms with van der Waals surface area (Å²) in [4.78, 5) is 48.0. The van der Waals surface area contributed by atoms with E-state index in [-0.39, 0.29) is 37.2 Å². The average Bonchev–Trinajstić information content (AvgIpc) is 3.12. The SMILES string of the molecule is CC[C@H]1OC(=O)[C@H](C)[C@@H](OC(=O)Cc2cccnc2)[C@H](C)[C@@H](OC2O[C@@H](C)C[C@@H](N(C)CC)[C@@H]2OC)[C@](C)(OC)C[C@@H](C)C(=O)[C@@H](C)[C@@H](O)[C@]1(C)O. The molecule has 13 nitrogen and oxygen atoms in total. The van der Waals surface area contributed by atoms with E-state index in [9.17, 15) is 24.6 Å². The lowest BCUT2D eigenvalue weighted by atomic mass is 9.74. The first-order chi connectivity index (χ1) is 24.4. The molecule has 1 aromatic heterocycles. The van der Waals surface area contributed by atoms with Crippen LogP contribution in [0.2, 0.25) is 0 Å². The van der Waals surface area contributed by atoms with Gasteiger partial charge in [-0.05, 0) is 72.2 Å². The molecule has 0 radical (unpaired) electrons. The molecule has 1 unspecified atom stereocenters. The van der Waals surface area contributed by atoms with E-state index in [2.05, 4.69) is 16.8 Å². The van der Waals surface area contributed by atoms with Crippen LogP contribution in [-0.2, 0) is 49.2 Å². The Morgan fingerprint density at radius 3 is 2.31 bits per heavy atom. The van der Waals surface area contributed by atoms with Gasteiger partial charge in [0.2, 0.25) is 0 Å². The third-order valence-corrected chi connectivity index (χ3v) is 11.5. The Bertz CT molecular complexity index is 1310. The molecule has 2 aliphatic heterocycles. The maximum Gasteiger partial charge on any atom is 0.312 e. The first-order valence-electron chi connectivity index (χ1n) is 18.7. The number of ether oxygens (including phenoxy) is 6. The quantitative estimate of drug-likeness (QED) is 0.335. The maximum absolute atomic E-state index is 14.1. The van der Waals surface area contributed by atoms with E-state index in [1.54, 1.807) is 59.3 Å². The van der Waals surface area contributed by atoms with E-state index in [4.69, 9.17) is 28.4 Å². The lowest BCUT2D eigenvalue weighted by Gasteiger charge is -2.49. The molecule has 3 heterocycles. The van der Waals surface area contributed by atoms with E-state index in [1.165, 1.54) is 14.0 Å². The molecule has 0 saturated carbocycles. The number of likely N-dealkylation sites (N-methyl/N-ethyl adjacent to an activating group) is 1. The van der Waals surface area contributed by atoms with Crippen molar-refractivity contribution in [3.8, 4) is 0 Å². The number of ketones is 1. The molecule has 13 heteroatoms. The minimum absolute atomic E-state index is 0.0463. The number of hydrogen-bond donors (Lipinski definition) is 2. The van der Waals surface area contributed by atoms with Gasteiger partial charge in [-0.15, -0.1) is 0 Å². The second-order valence-electron chi connectivity index (χ2n) is 15.4. The minimum Gasteiger partial charge on any atom is -0.461 e. The highest BCUT2D eigenvalue weighted by atomic mass is 16.7. The maximum atomic E-state index is 14.1. The summed E-state index contributed by atoms with van der Waals surface area (Å²) in [6, 6.07) is 3.43. The van der Waals surface area contributed by atoms with Crippen molar-refractivity contribution >= 4 is 17.7 Å². The number of aliphatic hydroxyl groups is 2. The summed E-state index contributed by atoms with van der Waals surface area (Å²) < 4.78 is 37.8. The summed E-state index contributed by atoms with van der Waals surface area (Å²) in [6.07, 6.45) is -2.35. The Hall–Kier alpha value is -2.52. The van der Waals surface area contributed by atoms with Crippen LogP contribution in [0.1, 0.15) is 87.1 Å². The van der Waals surface area contributed by atoms with E-state index < -0.39 is 83.6 Å². The molecule has 2 aliphatic rings. The monoisotopic (exact) mass is 736 g/mol. The van der Waals surface area contributed by atoms with Crippen LogP contribution in [0.5, 0.6) is 0 Å². The number of esters is 2. The van der Waals surface area contributed by atoms with E-state index in [0.29, 0.717) is 12.0 Å². The minimum atomic E-state index is -1.97. The zero-order valence-corrected chi connectivity index (χ0v) is 33.2. The Morgan fingerprint density at radius 2 is 1.75 bits per heavy atom. The van der Waals surface area contributed by atoms with Gasteiger partial charge in [-0.25, -0.2) is 0 Å². The second kappa shape index (κ2) is 18.7. The summed E-state index contributed by atoms with van der Waals surface area (Å²) in [6.45, 7) is 16.4. The molecule has 0 bridgehead atoms. The van der Waals surface area contributed by atoms with Crippen LogP contribution in [-0.4, -0.2) is 126 Å². The van der Waals surface area contributed by atoms with Crippen molar-refractivity contribution in [3.05, 3.63) is 30.1 Å². The summed E-state index contributed by atoms with van der Waals surface area (Å²) >= 11 is 0. The van der Waals surface area contributed by atoms with Gasteiger partial charge in [0.15, 0.2) is 6.29 Å². The van der Waals surface area contributed by atoms with Gasteiger partial charge in [0.25, 0.3) is 0 Å². The Balaban J connectivity index is 2.21. The summed E-state index contributed by atoms with van der Waals surface area (Å²) in [5.41, 5.74) is -2.57. The lowest BCUT2D eigenvalue weighted by molar-refractivity contribution is -0.305. The molecule has 2 N–H and O–H groups in total. The van der Waals surface area contributed by atoms with Crippen molar-refractivity contribution in [2.24, 2.45) is 23.7 Å². The normalized spacial score (nSPS) is 39.8. The van der Waals surface area contributed by atoms with Crippen LogP contribution in [0.15, 0.2) is 24.5 Å². The highest BCUT2D eigenvalue weighted by molar-refractivity contribution is 5.83. The number of pyridine rings is 1. The summed E-state index contributed by atoms with van der Waals surface area (Å²) in [5.74, 6) is -5.17. The number of cyclic esters (lactones) is 1. The van der Waals surface area contributed by atoms with Crippen LogP contribution >= 0.6 is 0 Å². The largest absolute Gasteiger partial charge is 0.461 e. The van der Waals surface area contributed by atoms with E-state index in [1.807, 2.05) is 27.8 Å². The topological polar surface area (TPSA) is 163 Å². The fraction of sp³-hybridized carbons (Fsp3) is 0.795. The predicted octanol–water partition coefficient (Wildman–Crippen LogP) is 3.75. The third-order valence-electron chi connectivity index (χ3n) is 11.5. The predicted molar refractivity (Wildman–Crippen MR) is 193 cm³/mol. The third kappa shape index (κ3) is 9.96. The van der Waals surface area contributed by atoms with Crippen molar-refractivity contribution in [1.82, 2.24) is 9.88 Å². The smallest absolute Gasteiger partial charge is 0.312 e. The van der Waals surface area contributed by atoms with Crippen molar-refractivity contribution in [3.63, 3.8) is 0 Å². The van der Waals surface area contributed by atoms with Gasteiger partial charge in [-0.3, -0.25) is 19.4 Å². The number of aromatic nitrogens is 1. The van der Waals surface area contributed by atoms with Gasteiger partial charge < -0.3 is 43.5 Å². The second-order valence-corrected chi connectivity index (χ2v) is 15.4. The number of Topliss-reactive ketones (excluding diaryl/α,β-unsaturated/α-hetero) is 1. The first kappa shape index (κ1) is 43.9. The van der Waals surface area contributed by atoms with Gasteiger partial charge in [0.05, 0.1) is 36.3 Å². The highest BCUT2D eigenvalue weighted by Crippen LogP contribution is 2.40. The molecule has 14 atom stereocenters. The molecule has 0 spiro atoms. The van der Waals surface area contributed by atoms with Crippen molar-refractivity contribution < 1.29 is 53.0 Å². The standard InChI is InChI=1S/C39H64N2O11/c1-13-29-39(9,46)34(44)24(5)31(43)22(3)20-38(8,48-12)35(52-37-33(47-11)28(41(10)14-2)18-23(4)49-37)25(6)32(26(7)36(45)50-29)51-30(42)19-27-16-15-17-40-21-27/h15-17,21-26,28-29,32-35,37,44,46H,13-14,18-20H2,1-12H3/t22-,23+,24-,25+,26-,28-,29-,32+,33+,34-,35-,37?,38-,39-/m1/s1. The summed E-state index contributed by atoms with van der Waals surface area (Å²) in [7, 11) is 5.15. The zero-order valence-electron chi connectivity index (χ0n) is 33.2. The van der Waals surface area contributed by atoms with Crippen molar-refractivity contribution in [2.75, 3.05) is 27.8 Å².